The second-order valence-electron chi connectivity index (χ2n) is 6.37. The number of nitrogens with zero attached hydrogens (tertiary/aromatic N) is 1. The zero-order chi connectivity index (χ0) is 18.9. The number of amides is 1. The predicted octanol–water partition coefficient (Wildman–Crippen LogP) is 2.26. The van der Waals surface area contributed by atoms with Crippen molar-refractivity contribution in [1.82, 2.24) is 5.32 Å². The summed E-state index contributed by atoms with van der Waals surface area (Å²) < 4.78 is 40.9. The maximum Gasteiger partial charge on any atom is 0.430 e. The van der Waals surface area contributed by atoms with Crippen molar-refractivity contribution in [3.8, 4) is 0 Å². The van der Waals surface area contributed by atoms with Gasteiger partial charge >= 0.3 is 6.18 Å². The number of carbonyl (C=O) groups is 1. The van der Waals surface area contributed by atoms with Gasteiger partial charge in [0.1, 0.15) is 0 Å². The Hall–Kier alpha value is -2.61. The van der Waals surface area contributed by atoms with Crippen molar-refractivity contribution in [2.45, 2.75) is 37.1 Å². The molecule has 0 saturated heterocycles. The second-order valence-corrected chi connectivity index (χ2v) is 6.37. The molecule has 1 amide bonds. The van der Waals surface area contributed by atoms with Gasteiger partial charge in [-0.05, 0) is 24.8 Å². The average molecular weight is 366 g/mol. The van der Waals surface area contributed by atoms with Gasteiger partial charge in [-0.3, -0.25) is 4.79 Å². The second kappa shape index (κ2) is 6.60. The lowest BCUT2D eigenvalue weighted by Crippen LogP contribution is -2.54. The SMILES string of the molecule is O=C(NCc1cc(C2CC2)c[n+]([O-])c1)[C@](O)(c1ccccc1)C(F)(F)F. The van der Waals surface area contributed by atoms with E-state index >= 15 is 0 Å². The van der Waals surface area contributed by atoms with Gasteiger partial charge in [-0.15, -0.1) is 0 Å². The summed E-state index contributed by atoms with van der Waals surface area (Å²) in [5.41, 5.74) is -3.08. The normalized spacial score (nSPS) is 16.8. The largest absolute Gasteiger partial charge is 0.619 e. The zero-order valence-electron chi connectivity index (χ0n) is 13.7. The number of aromatic nitrogens is 1. The van der Waals surface area contributed by atoms with Gasteiger partial charge in [-0.2, -0.15) is 17.9 Å². The van der Waals surface area contributed by atoms with Crippen LogP contribution in [0.15, 0.2) is 48.8 Å². The molecule has 1 saturated carbocycles. The molecule has 3 rings (SSSR count). The molecule has 1 aromatic heterocycles. The maximum absolute atomic E-state index is 13.4. The van der Waals surface area contributed by atoms with Crippen molar-refractivity contribution in [2.24, 2.45) is 0 Å². The first kappa shape index (κ1) is 18.2. The molecular formula is C18H17F3N2O3. The first-order valence-electron chi connectivity index (χ1n) is 8.07. The molecule has 2 aromatic rings. The first-order chi connectivity index (χ1) is 12.2. The van der Waals surface area contributed by atoms with E-state index in [1.807, 2.05) is 0 Å². The zero-order valence-corrected chi connectivity index (χ0v) is 13.7. The highest BCUT2D eigenvalue weighted by Gasteiger charge is 2.60. The molecule has 1 aliphatic rings. The molecule has 0 unspecified atom stereocenters. The number of nitrogens with one attached hydrogen (secondary N) is 1. The molecule has 1 fully saturated rings. The number of alkyl halides is 3. The number of halogens is 3. The molecule has 0 spiro atoms. The third-order valence-corrected chi connectivity index (χ3v) is 4.35. The number of pyridine rings is 1. The highest BCUT2D eigenvalue weighted by atomic mass is 19.4. The van der Waals surface area contributed by atoms with Gasteiger partial charge in [-0.1, -0.05) is 30.3 Å². The summed E-state index contributed by atoms with van der Waals surface area (Å²) in [6.45, 7) is -0.299. The van der Waals surface area contributed by atoms with Gasteiger partial charge in [0, 0.05) is 23.2 Å². The van der Waals surface area contributed by atoms with E-state index in [1.54, 1.807) is 6.07 Å². The lowest BCUT2D eigenvalue weighted by Gasteiger charge is -2.29. The van der Waals surface area contributed by atoms with Crippen molar-refractivity contribution in [3.63, 3.8) is 0 Å². The number of hydrogen-bond acceptors (Lipinski definition) is 3. The van der Waals surface area contributed by atoms with Crippen molar-refractivity contribution in [3.05, 3.63) is 70.7 Å². The molecule has 26 heavy (non-hydrogen) atoms. The summed E-state index contributed by atoms with van der Waals surface area (Å²) in [6, 6.07) is 7.84. The number of aliphatic hydroxyl groups is 1. The summed E-state index contributed by atoms with van der Waals surface area (Å²) in [4.78, 5) is 12.2. The third kappa shape index (κ3) is 3.50. The van der Waals surface area contributed by atoms with Crippen molar-refractivity contribution in [1.29, 1.82) is 0 Å². The van der Waals surface area contributed by atoms with Crippen LogP contribution in [0.4, 0.5) is 13.2 Å². The number of benzene rings is 1. The van der Waals surface area contributed by atoms with Crippen LogP contribution in [0.25, 0.3) is 0 Å². The first-order valence-corrected chi connectivity index (χ1v) is 8.07. The summed E-state index contributed by atoms with van der Waals surface area (Å²) in [7, 11) is 0. The van der Waals surface area contributed by atoms with Gasteiger partial charge in [0.2, 0.25) is 0 Å². The minimum absolute atomic E-state index is 0.280. The van der Waals surface area contributed by atoms with Crippen molar-refractivity contribution in [2.75, 3.05) is 0 Å². The van der Waals surface area contributed by atoms with E-state index in [0.29, 0.717) is 10.3 Å². The summed E-state index contributed by atoms with van der Waals surface area (Å²) >= 11 is 0. The van der Waals surface area contributed by atoms with E-state index < -0.39 is 23.2 Å². The Kier molecular flexibility index (Phi) is 4.62. The maximum atomic E-state index is 13.4. The fourth-order valence-corrected chi connectivity index (χ4v) is 2.79. The van der Waals surface area contributed by atoms with Crippen LogP contribution in [0.1, 0.15) is 35.4 Å². The highest BCUT2D eigenvalue weighted by Crippen LogP contribution is 2.40. The molecule has 1 aliphatic carbocycles. The molecule has 1 aromatic carbocycles. The Balaban J connectivity index is 1.81. The summed E-state index contributed by atoms with van der Waals surface area (Å²) in [5.74, 6) is -1.31. The van der Waals surface area contributed by atoms with E-state index in [4.69, 9.17) is 0 Å². The molecule has 1 heterocycles. The Labute approximate surface area is 147 Å². The monoisotopic (exact) mass is 366 g/mol. The minimum atomic E-state index is -5.20. The van der Waals surface area contributed by atoms with Gasteiger partial charge in [0.25, 0.3) is 11.5 Å². The van der Waals surface area contributed by atoms with E-state index in [1.165, 1.54) is 30.6 Å². The lowest BCUT2D eigenvalue weighted by molar-refractivity contribution is -0.606. The van der Waals surface area contributed by atoms with Crippen LogP contribution in [0.5, 0.6) is 0 Å². The number of rotatable bonds is 5. The van der Waals surface area contributed by atoms with E-state index in [9.17, 15) is 28.3 Å². The molecule has 8 heteroatoms. The smallest absolute Gasteiger partial charge is 0.430 e. The number of carbonyl (C=O) groups excluding carboxylic acids is 1. The molecule has 0 bridgehead atoms. The molecule has 138 valence electrons. The van der Waals surface area contributed by atoms with Crippen LogP contribution in [0.3, 0.4) is 0 Å². The molecule has 0 radical (unpaired) electrons. The van der Waals surface area contributed by atoms with Crippen LogP contribution in [-0.4, -0.2) is 17.2 Å². The Morgan fingerprint density at radius 1 is 1.23 bits per heavy atom. The summed E-state index contributed by atoms with van der Waals surface area (Å²) in [5, 5.41) is 23.9. The average Bonchev–Trinajstić information content (AvgIpc) is 3.43. The van der Waals surface area contributed by atoms with Crippen LogP contribution in [0.2, 0.25) is 0 Å². The highest BCUT2D eigenvalue weighted by molar-refractivity contribution is 5.87. The lowest BCUT2D eigenvalue weighted by atomic mass is 9.92. The fourth-order valence-electron chi connectivity index (χ4n) is 2.79. The van der Waals surface area contributed by atoms with E-state index in [0.717, 1.165) is 30.5 Å². The summed E-state index contributed by atoms with van der Waals surface area (Å²) in [6.07, 6.45) is -0.692. The number of hydrogen-bond donors (Lipinski definition) is 2. The van der Waals surface area contributed by atoms with Crippen LogP contribution in [0, 0.1) is 5.21 Å². The van der Waals surface area contributed by atoms with Crippen LogP contribution >= 0.6 is 0 Å². The van der Waals surface area contributed by atoms with Gasteiger partial charge in [-0.25, -0.2) is 0 Å². The molecule has 0 aliphatic heterocycles. The predicted molar refractivity (Wildman–Crippen MR) is 85.6 cm³/mol. The Bertz CT molecular complexity index is 807. The van der Waals surface area contributed by atoms with E-state index in [2.05, 4.69) is 5.32 Å². The van der Waals surface area contributed by atoms with Crippen molar-refractivity contribution >= 4 is 5.91 Å². The fraction of sp³-hybridized carbons (Fsp3) is 0.333. The minimum Gasteiger partial charge on any atom is -0.619 e. The third-order valence-electron chi connectivity index (χ3n) is 4.35. The molecule has 2 N–H and O–H groups in total. The Morgan fingerprint density at radius 2 is 1.88 bits per heavy atom. The van der Waals surface area contributed by atoms with Gasteiger partial charge in [0.15, 0.2) is 12.4 Å². The topological polar surface area (TPSA) is 76.3 Å². The van der Waals surface area contributed by atoms with E-state index in [-0.39, 0.29) is 12.5 Å². The standard InChI is InChI=1S/C18H17F3N2O3/c19-18(20,21)17(25,15-4-2-1-3-5-15)16(24)22-9-12-8-14(13-6-7-13)11-23(26)10-12/h1-5,8,10-11,13,25H,6-7,9H2,(H,22,24)/t17-/m1/s1. The quantitative estimate of drug-likeness (QED) is 0.630. The van der Waals surface area contributed by atoms with Crippen LogP contribution < -0.4 is 10.0 Å². The van der Waals surface area contributed by atoms with Crippen LogP contribution in [-0.2, 0) is 16.9 Å². The van der Waals surface area contributed by atoms with Gasteiger partial charge in [0.05, 0.1) is 0 Å². The Morgan fingerprint density at radius 3 is 2.46 bits per heavy atom. The molecule has 5 nitrogen and oxygen atoms in total. The molecule has 1 atom stereocenters. The molecular weight excluding hydrogens is 349 g/mol. The van der Waals surface area contributed by atoms with Gasteiger partial charge < -0.3 is 15.6 Å². The van der Waals surface area contributed by atoms with Crippen molar-refractivity contribution < 1.29 is 27.8 Å².